The normalized spacial score (nSPS) is 11.5. The predicted octanol–water partition coefficient (Wildman–Crippen LogP) is 2.91. The Hall–Kier alpha value is -1.71. The summed E-state index contributed by atoms with van der Waals surface area (Å²) in [5.41, 5.74) is -3.06. The summed E-state index contributed by atoms with van der Waals surface area (Å²) in [7, 11) is 0. The summed E-state index contributed by atoms with van der Waals surface area (Å²) < 4.78 is 60.6. The van der Waals surface area contributed by atoms with Crippen molar-refractivity contribution < 1.29 is 22.0 Å². The molecule has 0 saturated carbocycles. The van der Waals surface area contributed by atoms with Gasteiger partial charge < -0.3 is 0 Å². The van der Waals surface area contributed by atoms with Gasteiger partial charge >= 0.3 is 6.18 Å². The van der Waals surface area contributed by atoms with Gasteiger partial charge in [0.25, 0.3) is 6.43 Å². The zero-order chi connectivity index (χ0) is 11.6. The minimum atomic E-state index is -4.74. The van der Waals surface area contributed by atoms with Gasteiger partial charge in [0, 0.05) is 0 Å². The second-order valence-electron chi connectivity index (χ2n) is 2.54. The number of hydrogen-bond donors (Lipinski definition) is 0. The summed E-state index contributed by atoms with van der Waals surface area (Å²) in [5, 5.41) is 8.34. The summed E-state index contributed by atoms with van der Waals surface area (Å²) in [5.74, 6) is 0. The van der Waals surface area contributed by atoms with Crippen molar-refractivity contribution in [1.82, 2.24) is 4.98 Å². The topological polar surface area (TPSA) is 36.7 Å². The van der Waals surface area contributed by atoms with E-state index in [2.05, 4.69) is 4.98 Å². The van der Waals surface area contributed by atoms with Crippen molar-refractivity contribution in [2.24, 2.45) is 0 Å². The molecular weight excluding hydrogens is 219 g/mol. The van der Waals surface area contributed by atoms with E-state index in [-0.39, 0.29) is 0 Å². The molecule has 0 N–H and O–H groups in total. The summed E-state index contributed by atoms with van der Waals surface area (Å²) >= 11 is 0. The molecule has 0 saturated heterocycles. The molecule has 1 rings (SSSR count). The number of rotatable bonds is 1. The molecule has 0 amide bonds. The Kier molecular flexibility index (Phi) is 2.88. The first kappa shape index (κ1) is 11.4. The largest absolute Gasteiger partial charge is 0.433 e. The molecular formula is C8H3F5N2. The van der Waals surface area contributed by atoms with Gasteiger partial charge in [-0.2, -0.15) is 18.4 Å². The molecule has 0 atom stereocenters. The van der Waals surface area contributed by atoms with Crippen molar-refractivity contribution in [2.75, 3.05) is 0 Å². The number of hydrogen-bond acceptors (Lipinski definition) is 2. The van der Waals surface area contributed by atoms with Crippen LogP contribution in [0.15, 0.2) is 12.1 Å². The lowest BCUT2D eigenvalue weighted by molar-refractivity contribution is -0.141. The molecule has 2 nitrogen and oxygen atoms in total. The second-order valence-corrected chi connectivity index (χ2v) is 2.54. The molecule has 0 unspecified atom stereocenters. The van der Waals surface area contributed by atoms with Crippen LogP contribution in [0.2, 0.25) is 0 Å². The first-order valence-corrected chi connectivity index (χ1v) is 3.62. The van der Waals surface area contributed by atoms with Gasteiger partial charge in [-0.15, -0.1) is 0 Å². The maximum Gasteiger partial charge on any atom is 0.433 e. The van der Waals surface area contributed by atoms with Gasteiger partial charge in [-0.05, 0) is 12.1 Å². The summed E-state index contributed by atoms with van der Waals surface area (Å²) in [6.45, 7) is 0. The molecule has 80 valence electrons. The van der Waals surface area contributed by atoms with Crippen LogP contribution in [-0.2, 0) is 6.18 Å². The van der Waals surface area contributed by atoms with Gasteiger partial charge in [-0.1, -0.05) is 0 Å². The van der Waals surface area contributed by atoms with Crippen LogP contribution in [0.5, 0.6) is 0 Å². The average molecular weight is 222 g/mol. The highest BCUT2D eigenvalue weighted by atomic mass is 19.4. The van der Waals surface area contributed by atoms with Crippen molar-refractivity contribution >= 4 is 0 Å². The molecule has 0 radical (unpaired) electrons. The Balaban J connectivity index is 3.27. The Morgan fingerprint density at radius 3 is 2.27 bits per heavy atom. The number of nitrogens with zero attached hydrogens (tertiary/aromatic N) is 2. The minimum absolute atomic E-state index is 0.419. The predicted molar refractivity (Wildman–Crippen MR) is 38.9 cm³/mol. The molecule has 0 aliphatic heterocycles. The third-order valence-electron chi connectivity index (χ3n) is 1.56. The van der Waals surface area contributed by atoms with Gasteiger partial charge in [0.2, 0.25) is 0 Å². The fourth-order valence-corrected chi connectivity index (χ4v) is 0.893. The first-order chi connectivity index (χ1) is 6.86. The van der Waals surface area contributed by atoms with Crippen LogP contribution < -0.4 is 0 Å². The van der Waals surface area contributed by atoms with Gasteiger partial charge in [0.1, 0.15) is 17.5 Å². The highest BCUT2D eigenvalue weighted by Gasteiger charge is 2.33. The van der Waals surface area contributed by atoms with E-state index in [1.54, 1.807) is 0 Å². The van der Waals surface area contributed by atoms with Crippen LogP contribution in [0, 0.1) is 11.3 Å². The van der Waals surface area contributed by atoms with Crippen molar-refractivity contribution in [2.45, 2.75) is 12.6 Å². The first-order valence-electron chi connectivity index (χ1n) is 3.62. The number of pyridine rings is 1. The van der Waals surface area contributed by atoms with Crippen LogP contribution in [0.4, 0.5) is 22.0 Å². The SMILES string of the molecule is N#Cc1nc(C(F)(F)F)ccc1C(F)F. The van der Waals surface area contributed by atoms with Gasteiger partial charge in [-0.3, -0.25) is 0 Å². The van der Waals surface area contributed by atoms with E-state index in [1.165, 1.54) is 6.07 Å². The number of halogens is 5. The fraction of sp³-hybridized carbons (Fsp3) is 0.250. The van der Waals surface area contributed by atoms with Crippen molar-refractivity contribution in [1.29, 1.82) is 5.26 Å². The molecule has 0 aromatic carbocycles. The Bertz CT molecular complexity index is 404. The highest BCUT2D eigenvalue weighted by Crippen LogP contribution is 2.30. The molecule has 0 aliphatic rings. The standard InChI is InChI=1S/C8H3F5N2/c9-7(10)4-1-2-6(8(11,12)13)15-5(4)3-14/h1-2,7H. The molecule has 0 spiro atoms. The molecule has 0 aliphatic carbocycles. The van der Waals surface area contributed by atoms with Crippen LogP contribution in [-0.4, -0.2) is 4.98 Å². The van der Waals surface area contributed by atoms with Gasteiger partial charge in [-0.25, -0.2) is 13.8 Å². The lowest BCUT2D eigenvalue weighted by Crippen LogP contribution is -2.10. The van der Waals surface area contributed by atoms with E-state index in [0.717, 1.165) is 0 Å². The van der Waals surface area contributed by atoms with E-state index in [4.69, 9.17) is 5.26 Å². The monoisotopic (exact) mass is 222 g/mol. The Labute approximate surface area is 81.0 Å². The summed E-state index contributed by atoms with van der Waals surface area (Å²) in [6.07, 6.45) is -7.76. The van der Waals surface area contributed by atoms with Crippen LogP contribution in [0.1, 0.15) is 23.4 Å². The van der Waals surface area contributed by atoms with Crippen molar-refractivity contribution in [3.8, 4) is 6.07 Å². The lowest BCUT2D eigenvalue weighted by atomic mass is 10.2. The Morgan fingerprint density at radius 2 is 1.87 bits per heavy atom. The fourth-order valence-electron chi connectivity index (χ4n) is 0.893. The van der Waals surface area contributed by atoms with Crippen LogP contribution in [0.3, 0.4) is 0 Å². The van der Waals surface area contributed by atoms with Gasteiger partial charge in [0.05, 0.1) is 5.56 Å². The van der Waals surface area contributed by atoms with E-state index in [0.29, 0.717) is 12.1 Å². The highest BCUT2D eigenvalue weighted by molar-refractivity contribution is 5.34. The maximum absolute atomic E-state index is 12.2. The van der Waals surface area contributed by atoms with E-state index >= 15 is 0 Å². The molecule has 7 heteroatoms. The molecule has 1 heterocycles. The summed E-state index contributed by atoms with van der Waals surface area (Å²) in [6, 6.07) is 2.17. The third-order valence-corrected chi connectivity index (χ3v) is 1.56. The molecule has 0 bridgehead atoms. The smallest absolute Gasteiger partial charge is 0.232 e. The van der Waals surface area contributed by atoms with E-state index in [9.17, 15) is 22.0 Å². The van der Waals surface area contributed by atoms with Crippen molar-refractivity contribution in [3.63, 3.8) is 0 Å². The number of alkyl halides is 5. The second kappa shape index (κ2) is 3.81. The number of nitriles is 1. The molecule has 1 aromatic rings. The lowest BCUT2D eigenvalue weighted by Gasteiger charge is -2.07. The zero-order valence-corrected chi connectivity index (χ0v) is 7.02. The molecule has 0 fully saturated rings. The molecule has 15 heavy (non-hydrogen) atoms. The van der Waals surface area contributed by atoms with Gasteiger partial charge in [0.15, 0.2) is 0 Å². The maximum atomic E-state index is 12.2. The minimum Gasteiger partial charge on any atom is -0.232 e. The van der Waals surface area contributed by atoms with Crippen molar-refractivity contribution in [3.05, 3.63) is 29.1 Å². The Morgan fingerprint density at radius 1 is 1.27 bits per heavy atom. The van der Waals surface area contributed by atoms with E-state index in [1.807, 2.05) is 0 Å². The molecule has 1 aromatic heterocycles. The quantitative estimate of drug-likeness (QED) is 0.685. The summed E-state index contributed by atoms with van der Waals surface area (Å²) in [4.78, 5) is 2.82. The van der Waals surface area contributed by atoms with Crippen LogP contribution >= 0.6 is 0 Å². The third kappa shape index (κ3) is 2.40. The van der Waals surface area contributed by atoms with E-state index < -0.39 is 29.6 Å². The van der Waals surface area contributed by atoms with Crippen LogP contribution in [0.25, 0.3) is 0 Å². The average Bonchev–Trinajstić information content (AvgIpc) is 2.15. The number of aromatic nitrogens is 1. The zero-order valence-electron chi connectivity index (χ0n) is 7.02.